The van der Waals surface area contributed by atoms with E-state index in [1.54, 1.807) is 6.20 Å². The molecular formula is C26H24N2O3. The average molecular weight is 412 g/mol. The Bertz CT molecular complexity index is 1160. The Morgan fingerprint density at radius 1 is 0.903 bits per heavy atom. The molecule has 4 rings (SSSR count). The van der Waals surface area contributed by atoms with E-state index in [-0.39, 0.29) is 12.3 Å². The number of para-hydroxylation sites is 1. The molecule has 0 spiro atoms. The fourth-order valence-corrected chi connectivity index (χ4v) is 3.99. The summed E-state index contributed by atoms with van der Waals surface area (Å²) in [7, 11) is 0. The molecule has 3 N–H and O–H groups in total. The highest BCUT2D eigenvalue weighted by Gasteiger charge is 2.39. The highest BCUT2D eigenvalue weighted by atomic mass is 16.4. The SMILES string of the molecule is CC(C(=O)N[C@@H](Cc1c[nH]c2ccccc12)C(=O)O)(c1ccccc1)c1ccccc1. The van der Waals surface area contributed by atoms with Crippen LogP contribution in [0.5, 0.6) is 0 Å². The third-order valence-corrected chi connectivity index (χ3v) is 5.86. The first-order valence-corrected chi connectivity index (χ1v) is 10.2. The van der Waals surface area contributed by atoms with E-state index in [9.17, 15) is 14.7 Å². The summed E-state index contributed by atoms with van der Waals surface area (Å²) >= 11 is 0. The third-order valence-electron chi connectivity index (χ3n) is 5.86. The number of hydrogen-bond donors (Lipinski definition) is 3. The summed E-state index contributed by atoms with van der Waals surface area (Å²) in [6, 6.07) is 25.5. The van der Waals surface area contributed by atoms with Crippen molar-refractivity contribution in [2.45, 2.75) is 24.8 Å². The number of fused-ring (bicyclic) bond motifs is 1. The summed E-state index contributed by atoms with van der Waals surface area (Å²) < 4.78 is 0. The molecule has 0 bridgehead atoms. The quantitative estimate of drug-likeness (QED) is 0.424. The molecule has 1 heterocycles. The highest BCUT2D eigenvalue weighted by Crippen LogP contribution is 2.32. The van der Waals surface area contributed by atoms with Gasteiger partial charge in [0.2, 0.25) is 5.91 Å². The number of carboxylic acid groups (broad SMARTS) is 1. The number of H-pyrrole nitrogens is 1. The van der Waals surface area contributed by atoms with Gasteiger partial charge in [0.1, 0.15) is 6.04 Å². The number of nitrogens with one attached hydrogen (secondary N) is 2. The van der Waals surface area contributed by atoms with Crippen LogP contribution in [0.15, 0.2) is 91.1 Å². The van der Waals surface area contributed by atoms with Crippen molar-refractivity contribution in [3.8, 4) is 0 Å². The summed E-state index contributed by atoms with van der Waals surface area (Å²) in [5.74, 6) is -1.42. The summed E-state index contributed by atoms with van der Waals surface area (Å²) in [4.78, 5) is 28.8. The molecule has 0 aliphatic rings. The number of hydrogen-bond acceptors (Lipinski definition) is 2. The molecule has 3 aromatic carbocycles. The topological polar surface area (TPSA) is 82.2 Å². The van der Waals surface area contributed by atoms with Crippen molar-refractivity contribution in [1.29, 1.82) is 0 Å². The van der Waals surface area contributed by atoms with Gasteiger partial charge in [-0.05, 0) is 29.7 Å². The predicted octanol–water partition coefficient (Wildman–Crippen LogP) is 4.29. The van der Waals surface area contributed by atoms with Crippen molar-refractivity contribution < 1.29 is 14.7 Å². The van der Waals surface area contributed by atoms with Gasteiger partial charge in [-0.15, -0.1) is 0 Å². The molecule has 1 atom stereocenters. The number of aliphatic carboxylic acids is 1. The molecule has 5 nitrogen and oxygen atoms in total. The maximum atomic E-state index is 13.6. The Labute approximate surface area is 180 Å². The minimum atomic E-state index is -1.07. The molecule has 5 heteroatoms. The molecule has 0 aliphatic heterocycles. The molecule has 0 fully saturated rings. The second-order valence-corrected chi connectivity index (χ2v) is 7.78. The van der Waals surface area contributed by atoms with Crippen LogP contribution in [0.25, 0.3) is 10.9 Å². The lowest BCUT2D eigenvalue weighted by Crippen LogP contribution is -2.50. The van der Waals surface area contributed by atoms with E-state index in [1.165, 1.54) is 0 Å². The van der Waals surface area contributed by atoms with Crippen molar-refractivity contribution in [2.75, 3.05) is 0 Å². The number of carbonyl (C=O) groups excluding carboxylic acids is 1. The van der Waals surface area contributed by atoms with Gasteiger partial charge in [-0.2, -0.15) is 0 Å². The molecule has 0 saturated heterocycles. The average Bonchev–Trinajstić information content (AvgIpc) is 3.22. The molecule has 1 aromatic heterocycles. The first-order chi connectivity index (χ1) is 15.0. The fourth-order valence-electron chi connectivity index (χ4n) is 3.99. The fraction of sp³-hybridized carbons (Fsp3) is 0.154. The number of carboxylic acids is 1. The summed E-state index contributed by atoms with van der Waals surface area (Å²) in [6.45, 7) is 1.83. The minimum absolute atomic E-state index is 0.185. The normalized spacial score (nSPS) is 12.4. The van der Waals surface area contributed by atoms with Crippen molar-refractivity contribution in [2.24, 2.45) is 0 Å². The summed E-state index contributed by atoms with van der Waals surface area (Å²) in [5, 5.41) is 13.6. The van der Waals surface area contributed by atoms with Crippen molar-refractivity contribution in [1.82, 2.24) is 10.3 Å². The maximum absolute atomic E-state index is 13.6. The molecular weight excluding hydrogens is 388 g/mol. The number of benzene rings is 3. The third kappa shape index (κ3) is 3.94. The van der Waals surface area contributed by atoms with E-state index >= 15 is 0 Å². The van der Waals surface area contributed by atoms with Gasteiger partial charge < -0.3 is 15.4 Å². The van der Waals surface area contributed by atoms with Crippen molar-refractivity contribution in [3.05, 3.63) is 108 Å². The van der Waals surface area contributed by atoms with Gasteiger partial charge in [0, 0.05) is 23.5 Å². The van der Waals surface area contributed by atoms with Gasteiger partial charge in [-0.1, -0.05) is 78.9 Å². The number of amides is 1. The van der Waals surface area contributed by atoms with E-state index in [4.69, 9.17) is 0 Å². The van der Waals surface area contributed by atoms with Gasteiger partial charge >= 0.3 is 5.97 Å². The summed E-state index contributed by atoms with van der Waals surface area (Å²) in [5.41, 5.74) is 2.36. The molecule has 4 aromatic rings. The van der Waals surface area contributed by atoms with Crippen LogP contribution in [0.1, 0.15) is 23.6 Å². The second kappa shape index (κ2) is 8.48. The van der Waals surface area contributed by atoms with Crippen LogP contribution in [0, 0.1) is 0 Å². The standard InChI is InChI=1S/C26H24N2O3/c1-26(19-10-4-2-5-11-19,20-12-6-3-7-13-20)25(31)28-23(24(29)30)16-18-17-27-22-15-9-8-14-21(18)22/h2-15,17,23,27H,16H2,1H3,(H,28,31)(H,29,30)/t23-/m0/s1. The molecule has 0 aliphatic carbocycles. The van der Waals surface area contributed by atoms with Crippen LogP contribution in [0.4, 0.5) is 0 Å². The molecule has 31 heavy (non-hydrogen) atoms. The number of aromatic amines is 1. The molecule has 0 radical (unpaired) electrons. The maximum Gasteiger partial charge on any atom is 0.326 e. The molecule has 156 valence electrons. The van der Waals surface area contributed by atoms with Gasteiger partial charge in [-0.3, -0.25) is 4.79 Å². The van der Waals surface area contributed by atoms with Gasteiger partial charge in [0.25, 0.3) is 0 Å². The molecule has 0 unspecified atom stereocenters. The number of carbonyl (C=O) groups is 2. The second-order valence-electron chi connectivity index (χ2n) is 7.78. The highest BCUT2D eigenvalue weighted by molar-refractivity contribution is 5.94. The monoisotopic (exact) mass is 412 g/mol. The van der Waals surface area contributed by atoms with Crippen molar-refractivity contribution in [3.63, 3.8) is 0 Å². The van der Waals surface area contributed by atoms with E-state index in [2.05, 4.69) is 10.3 Å². The zero-order chi connectivity index (χ0) is 21.8. The van der Waals surface area contributed by atoms with Crippen LogP contribution >= 0.6 is 0 Å². The van der Waals surface area contributed by atoms with Crippen LogP contribution < -0.4 is 5.32 Å². The smallest absolute Gasteiger partial charge is 0.326 e. The van der Waals surface area contributed by atoms with Crippen LogP contribution in [0.2, 0.25) is 0 Å². The summed E-state index contributed by atoms with van der Waals surface area (Å²) in [6.07, 6.45) is 1.99. The molecule has 1 amide bonds. The lowest BCUT2D eigenvalue weighted by atomic mass is 9.75. The minimum Gasteiger partial charge on any atom is -0.480 e. The van der Waals surface area contributed by atoms with Crippen molar-refractivity contribution >= 4 is 22.8 Å². The lowest BCUT2D eigenvalue weighted by molar-refractivity contribution is -0.142. The van der Waals surface area contributed by atoms with Crippen LogP contribution in [-0.4, -0.2) is 28.0 Å². The van der Waals surface area contributed by atoms with Crippen LogP contribution in [0.3, 0.4) is 0 Å². The van der Waals surface area contributed by atoms with Gasteiger partial charge in [0.15, 0.2) is 0 Å². The van der Waals surface area contributed by atoms with Gasteiger partial charge in [-0.25, -0.2) is 4.79 Å². The Morgan fingerprint density at radius 2 is 1.45 bits per heavy atom. The first-order valence-electron chi connectivity index (χ1n) is 10.2. The first kappa shape index (κ1) is 20.4. The number of aromatic nitrogens is 1. The zero-order valence-electron chi connectivity index (χ0n) is 17.2. The largest absolute Gasteiger partial charge is 0.480 e. The predicted molar refractivity (Wildman–Crippen MR) is 121 cm³/mol. The van der Waals surface area contributed by atoms with E-state index in [0.29, 0.717) is 0 Å². The number of rotatable bonds is 7. The van der Waals surface area contributed by atoms with E-state index in [1.807, 2.05) is 91.9 Å². The Kier molecular flexibility index (Phi) is 5.58. The Balaban J connectivity index is 1.67. The Morgan fingerprint density at radius 3 is 2.03 bits per heavy atom. The molecule has 0 saturated carbocycles. The zero-order valence-corrected chi connectivity index (χ0v) is 17.2. The van der Waals surface area contributed by atoms with E-state index < -0.39 is 17.4 Å². The Hall–Kier alpha value is -3.86. The van der Waals surface area contributed by atoms with Crippen LogP contribution in [-0.2, 0) is 21.4 Å². The van der Waals surface area contributed by atoms with E-state index in [0.717, 1.165) is 27.6 Å². The van der Waals surface area contributed by atoms with Gasteiger partial charge in [0.05, 0.1) is 5.41 Å². The lowest BCUT2D eigenvalue weighted by Gasteiger charge is -2.31.